The fourth-order valence-electron chi connectivity index (χ4n) is 5.78. The Balaban J connectivity index is 1.22. The molecule has 6 rings (SSSR count). The molecule has 48 heavy (non-hydrogen) atoms. The van der Waals surface area contributed by atoms with Gasteiger partial charge in [-0.3, -0.25) is 19.4 Å². The lowest BCUT2D eigenvalue weighted by atomic mass is 9.92. The smallest absolute Gasteiger partial charge is 0.258 e. The first-order chi connectivity index (χ1) is 23.3. The highest BCUT2D eigenvalue weighted by atomic mass is 35.5. The SMILES string of the molecule is Cc1c(COc2cc(OCc3cncc(C#N)c3)c(C=O)cc2Cl)cccc1-c1cccc2c1CCN2C(=O)c1ccc(C=O)c(O)c1. The third-order valence-corrected chi connectivity index (χ3v) is 8.60. The number of aromatic nitrogens is 1. The molecular weight excluding hydrogens is 630 g/mol. The highest BCUT2D eigenvalue weighted by molar-refractivity contribution is 6.32. The lowest BCUT2D eigenvalue weighted by molar-refractivity contribution is 0.0987. The van der Waals surface area contributed by atoms with Crippen LogP contribution in [0.2, 0.25) is 5.02 Å². The van der Waals surface area contributed by atoms with Crippen LogP contribution < -0.4 is 14.4 Å². The van der Waals surface area contributed by atoms with E-state index in [9.17, 15) is 19.5 Å². The number of amides is 1. The largest absolute Gasteiger partial charge is 0.507 e. The van der Waals surface area contributed by atoms with Crippen molar-refractivity contribution in [3.63, 3.8) is 0 Å². The van der Waals surface area contributed by atoms with Gasteiger partial charge in [-0.1, -0.05) is 41.9 Å². The summed E-state index contributed by atoms with van der Waals surface area (Å²) in [7, 11) is 0. The van der Waals surface area contributed by atoms with E-state index in [-0.39, 0.29) is 46.8 Å². The van der Waals surface area contributed by atoms with Gasteiger partial charge < -0.3 is 19.5 Å². The molecule has 1 aliphatic rings. The third kappa shape index (κ3) is 6.34. The molecule has 1 aliphatic heterocycles. The molecule has 2 heterocycles. The average Bonchev–Trinajstić information content (AvgIpc) is 3.55. The van der Waals surface area contributed by atoms with E-state index in [2.05, 4.69) is 4.98 Å². The van der Waals surface area contributed by atoms with Crippen LogP contribution in [0.4, 0.5) is 5.69 Å². The van der Waals surface area contributed by atoms with Crippen molar-refractivity contribution < 1.29 is 29.0 Å². The van der Waals surface area contributed by atoms with Gasteiger partial charge in [0, 0.05) is 41.8 Å². The van der Waals surface area contributed by atoms with Gasteiger partial charge in [-0.25, -0.2) is 0 Å². The molecule has 0 saturated carbocycles. The minimum Gasteiger partial charge on any atom is -0.507 e. The molecule has 0 bridgehead atoms. The second-order valence-corrected chi connectivity index (χ2v) is 11.6. The molecule has 5 aromatic rings. The minimum absolute atomic E-state index is 0.0882. The van der Waals surface area contributed by atoms with E-state index >= 15 is 0 Å². The van der Waals surface area contributed by atoms with Gasteiger partial charge in [-0.15, -0.1) is 0 Å². The summed E-state index contributed by atoms with van der Waals surface area (Å²) in [6.45, 7) is 2.76. The van der Waals surface area contributed by atoms with Crippen LogP contribution in [0.15, 0.2) is 85.2 Å². The highest BCUT2D eigenvalue weighted by Gasteiger charge is 2.28. The zero-order valence-corrected chi connectivity index (χ0v) is 26.5. The van der Waals surface area contributed by atoms with Crippen LogP contribution in [0.3, 0.4) is 0 Å². The molecule has 4 aromatic carbocycles. The number of rotatable bonds is 10. The molecule has 238 valence electrons. The third-order valence-electron chi connectivity index (χ3n) is 8.31. The number of halogens is 1. The molecular formula is C38H28ClN3O6. The summed E-state index contributed by atoms with van der Waals surface area (Å²) in [5, 5.41) is 19.5. The van der Waals surface area contributed by atoms with Gasteiger partial charge >= 0.3 is 0 Å². The number of phenolic OH excluding ortho intramolecular Hbond substituents is 1. The number of nitriles is 1. The topological polar surface area (TPSA) is 130 Å². The van der Waals surface area contributed by atoms with Crippen LogP contribution in [0.5, 0.6) is 17.2 Å². The predicted octanol–water partition coefficient (Wildman–Crippen LogP) is 7.27. The standard InChI is InChI=1S/C38H28ClN3O6/c1-23-28(22-48-37-15-36(29(20-44)13-33(37)39)47-21-25-12-24(16-40)17-41-18-25)4-2-5-30(23)31-6-3-7-34-32(31)10-11-42(34)38(46)26-8-9-27(19-43)35(45)14-26/h2-9,12-15,17-20,45H,10-11,21-22H2,1H3. The normalized spacial score (nSPS) is 11.8. The molecule has 1 aromatic heterocycles. The zero-order valence-electron chi connectivity index (χ0n) is 25.8. The van der Waals surface area contributed by atoms with Gasteiger partial charge in [0.05, 0.1) is 21.7 Å². The van der Waals surface area contributed by atoms with Gasteiger partial charge in [0.25, 0.3) is 5.91 Å². The Bertz CT molecular complexity index is 2120. The summed E-state index contributed by atoms with van der Waals surface area (Å²) in [5.41, 5.74) is 7.48. The van der Waals surface area contributed by atoms with Gasteiger partial charge in [0.15, 0.2) is 12.6 Å². The predicted molar refractivity (Wildman–Crippen MR) is 180 cm³/mol. The maximum Gasteiger partial charge on any atom is 0.258 e. The highest BCUT2D eigenvalue weighted by Crippen LogP contribution is 2.39. The number of hydrogen-bond donors (Lipinski definition) is 1. The van der Waals surface area contributed by atoms with E-state index in [4.69, 9.17) is 26.3 Å². The van der Waals surface area contributed by atoms with E-state index in [1.54, 1.807) is 29.3 Å². The van der Waals surface area contributed by atoms with Crippen molar-refractivity contribution in [2.24, 2.45) is 0 Å². The molecule has 0 aliphatic carbocycles. The summed E-state index contributed by atoms with van der Waals surface area (Å²) in [6, 6.07) is 22.9. The number of pyridine rings is 1. The molecule has 0 spiro atoms. The van der Waals surface area contributed by atoms with E-state index in [1.165, 1.54) is 24.4 Å². The van der Waals surface area contributed by atoms with E-state index in [0.717, 1.165) is 33.5 Å². The summed E-state index contributed by atoms with van der Waals surface area (Å²) in [4.78, 5) is 42.0. The van der Waals surface area contributed by atoms with Gasteiger partial charge in [0.1, 0.15) is 36.5 Å². The molecule has 0 fully saturated rings. The van der Waals surface area contributed by atoms with Crippen LogP contribution >= 0.6 is 11.6 Å². The van der Waals surface area contributed by atoms with Crippen LogP contribution in [0.1, 0.15) is 58.9 Å². The van der Waals surface area contributed by atoms with Crippen molar-refractivity contribution in [2.75, 3.05) is 11.4 Å². The fourth-order valence-corrected chi connectivity index (χ4v) is 6.01. The number of benzene rings is 4. The van der Waals surface area contributed by atoms with E-state index in [1.807, 2.05) is 49.4 Å². The maximum atomic E-state index is 13.4. The van der Waals surface area contributed by atoms with Crippen LogP contribution in [0.25, 0.3) is 11.1 Å². The van der Waals surface area contributed by atoms with Gasteiger partial charge in [-0.2, -0.15) is 5.26 Å². The lowest BCUT2D eigenvalue weighted by Crippen LogP contribution is -2.28. The number of nitrogens with zero attached hydrogens (tertiary/aromatic N) is 3. The minimum atomic E-state index is -0.259. The number of carbonyl (C=O) groups is 3. The number of fused-ring (bicyclic) bond motifs is 1. The van der Waals surface area contributed by atoms with E-state index < -0.39 is 0 Å². The zero-order chi connectivity index (χ0) is 33.8. The Morgan fingerprint density at radius 3 is 2.50 bits per heavy atom. The monoisotopic (exact) mass is 657 g/mol. The molecule has 1 N–H and O–H groups in total. The van der Waals surface area contributed by atoms with Crippen molar-refractivity contribution in [3.05, 3.63) is 135 Å². The summed E-state index contributed by atoms with van der Waals surface area (Å²) >= 11 is 6.49. The first-order valence-corrected chi connectivity index (χ1v) is 15.4. The van der Waals surface area contributed by atoms with E-state index in [0.29, 0.717) is 48.0 Å². The van der Waals surface area contributed by atoms with Crippen molar-refractivity contribution >= 4 is 35.8 Å². The lowest BCUT2D eigenvalue weighted by Gasteiger charge is -2.19. The Hall–Kier alpha value is -5.98. The quantitative estimate of drug-likeness (QED) is 0.155. The molecule has 10 heteroatoms. The summed E-state index contributed by atoms with van der Waals surface area (Å²) < 4.78 is 12.1. The van der Waals surface area contributed by atoms with Crippen molar-refractivity contribution in [3.8, 4) is 34.4 Å². The fraction of sp³-hybridized carbons (Fsp3) is 0.132. The Labute approximate surface area is 281 Å². The second kappa shape index (κ2) is 13.8. The first-order valence-electron chi connectivity index (χ1n) is 15.0. The van der Waals surface area contributed by atoms with Crippen molar-refractivity contribution in [1.82, 2.24) is 4.98 Å². The Morgan fingerprint density at radius 2 is 1.73 bits per heavy atom. The van der Waals surface area contributed by atoms with Gasteiger partial charge in [0.2, 0.25) is 0 Å². The molecule has 0 unspecified atom stereocenters. The van der Waals surface area contributed by atoms with Gasteiger partial charge in [-0.05, 0) is 77.6 Å². The number of ether oxygens (including phenoxy) is 2. The maximum absolute atomic E-state index is 13.4. The summed E-state index contributed by atoms with van der Waals surface area (Å²) in [6.07, 6.45) is 4.89. The summed E-state index contributed by atoms with van der Waals surface area (Å²) in [5.74, 6) is 0.132. The van der Waals surface area contributed by atoms with Crippen molar-refractivity contribution in [1.29, 1.82) is 5.26 Å². The Morgan fingerprint density at radius 1 is 0.958 bits per heavy atom. The number of carbonyl (C=O) groups excluding carboxylic acids is 3. The molecule has 1 amide bonds. The number of aromatic hydroxyl groups is 1. The number of hydrogen-bond acceptors (Lipinski definition) is 8. The number of aldehydes is 2. The molecule has 0 radical (unpaired) electrons. The second-order valence-electron chi connectivity index (χ2n) is 11.2. The molecule has 0 atom stereocenters. The first kappa shape index (κ1) is 32.0. The average molecular weight is 658 g/mol. The van der Waals surface area contributed by atoms with Crippen molar-refractivity contribution in [2.45, 2.75) is 26.6 Å². The molecule has 9 nitrogen and oxygen atoms in total. The van der Waals surface area contributed by atoms with Crippen LogP contribution in [0, 0.1) is 18.3 Å². The molecule has 0 saturated heterocycles. The Kier molecular flexibility index (Phi) is 9.19. The number of phenols is 1. The van der Waals surface area contributed by atoms with Crippen LogP contribution in [-0.2, 0) is 19.6 Å². The number of anilines is 1. The van der Waals surface area contributed by atoms with Crippen LogP contribution in [-0.4, -0.2) is 35.1 Å².